The monoisotopic (exact) mass is 170 g/mol. The minimum absolute atomic E-state index is 0.383. The fourth-order valence-corrected chi connectivity index (χ4v) is 0.639. The number of alkyl halides is 2. The lowest BCUT2D eigenvalue weighted by molar-refractivity contribution is 0.311. The van der Waals surface area contributed by atoms with Gasteiger partial charge in [0.1, 0.15) is 12.8 Å². The van der Waals surface area contributed by atoms with E-state index >= 15 is 0 Å². The second kappa shape index (κ2) is 4.54. The summed E-state index contributed by atoms with van der Waals surface area (Å²) in [5.41, 5.74) is 0. The summed E-state index contributed by atoms with van der Waals surface area (Å²) in [7, 11) is 0. The SMILES string of the molecule is FCC(F)C=Cc1ncccn1. The van der Waals surface area contributed by atoms with Crippen molar-refractivity contribution in [3.05, 3.63) is 30.4 Å². The number of nitrogens with zero attached hydrogens (tertiary/aromatic N) is 2. The van der Waals surface area contributed by atoms with Crippen LogP contribution < -0.4 is 0 Å². The van der Waals surface area contributed by atoms with Crippen LogP contribution in [0.3, 0.4) is 0 Å². The molecule has 0 amide bonds. The van der Waals surface area contributed by atoms with Gasteiger partial charge in [0.15, 0.2) is 5.82 Å². The quantitative estimate of drug-likeness (QED) is 0.691. The van der Waals surface area contributed by atoms with E-state index in [1.165, 1.54) is 18.5 Å². The van der Waals surface area contributed by atoms with Gasteiger partial charge in [-0.05, 0) is 18.2 Å². The van der Waals surface area contributed by atoms with Gasteiger partial charge in [0, 0.05) is 12.4 Å². The molecule has 0 saturated heterocycles. The minimum Gasteiger partial charge on any atom is -0.248 e. The molecule has 2 nitrogen and oxygen atoms in total. The highest BCUT2D eigenvalue weighted by atomic mass is 19.2. The molecule has 1 heterocycles. The van der Waals surface area contributed by atoms with Crippen molar-refractivity contribution in [3.63, 3.8) is 0 Å². The maximum atomic E-state index is 12.3. The molecular formula is C8H8F2N2. The average molecular weight is 170 g/mol. The Morgan fingerprint density at radius 2 is 2.08 bits per heavy atom. The Labute approximate surface area is 69.0 Å². The van der Waals surface area contributed by atoms with E-state index in [0.29, 0.717) is 5.82 Å². The Hall–Kier alpha value is -1.32. The molecule has 1 rings (SSSR count). The zero-order valence-electron chi connectivity index (χ0n) is 6.32. The average Bonchev–Trinajstić information content (AvgIpc) is 2.16. The van der Waals surface area contributed by atoms with Crippen LogP contribution in [0.25, 0.3) is 6.08 Å². The second-order valence-electron chi connectivity index (χ2n) is 2.14. The first-order valence-electron chi connectivity index (χ1n) is 3.48. The number of hydrogen-bond donors (Lipinski definition) is 0. The normalized spacial score (nSPS) is 13.5. The summed E-state index contributed by atoms with van der Waals surface area (Å²) < 4.78 is 23.9. The van der Waals surface area contributed by atoms with E-state index in [1.54, 1.807) is 6.07 Å². The van der Waals surface area contributed by atoms with Crippen molar-refractivity contribution in [1.29, 1.82) is 0 Å². The van der Waals surface area contributed by atoms with Crippen molar-refractivity contribution >= 4 is 6.08 Å². The van der Waals surface area contributed by atoms with E-state index in [4.69, 9.17) is 0 Å². The standard InChI is InChI=1S/C8H8F2N2/c9-6-7(10)2-3-8-11-4-1-5-12-8/h1-5,7H,6H2. The van der Waals surface area contributed by atoms with Gasteiger partial charge in [0.25, 0.3) is 0 Å². The Balaban J connectivity index is 2.58. The van der Waals surface area contributed by atoms with Gasteiger partial charge in [0.2, 0.25) is 0 Å². The van der Waals surface area contributed by atoms with Crippen LogP contribution in [0.2, 0.25) is 0 Å². The molecule has 1 unspecified atom stereocenters. The maximum absolute atomic E-state index is 12.3. The molecule has 0 saturated carbocycles. The smallest absolute Gasteiger partial charge is 0.151 e. The highest BCUT2D eigenvalue weighted by molar-refractivity contribution is 5.39. The molecule has 0 N–H and O–H groups in total. The molecule has 0 aromatic carbocycles. The Morgan fingerprint density at radius 3 is 2.67 bits per heavy atom. The van der Waals surface area contributed by atoms with Crippen LogP contribution in [-0.4, -0.2) is 22.8 Å². The highest BCUT2D eigenvalue weighted by Crippen LogP contribution is 1.98. The van der Waals surface area contributed by atoms with Gasteiger partial charge in [-0.3, -0.25) is 0 Å². The van der Waals surface area contributed by atoms with E-state index < -0.39 is 12.8 Å². The summed E-state index contributed by atoms with van der Waals surface area (Å²) in [4.78, 5) is 7.60. The van der Waals surface area contributed by atoms with Crippen molar-refractivity contribution in [1.82, 2.24) is 9.97 Å². The summed E-state index contributed by atoms with van der Waals surface area (Å²) in [6, 6.07) is 1.65. The number of rotatable bonds is 3. The summed E-state index contributed by atoms with van der Waals surface area (Å²) in [6.45, 7) is -1.01. The third-order valence-electron chi connectivity index (χ3n) is 1.19. The molecule has 1 aromatic rings. The fraction of sp³-hybridized carbons (Fsp3) is 0.250. The van der Waals surface area contributed by atoms with E-state index in [-0.39, 0.29) is 0 Å². The van der Waals surface area contributed by atoms with Crippen molar-refractivity contribution in [2.24, 2.45) is 0 Å². The lowest BCUT2D eigenvalue weighted by atomic mass is 10.3. The van der Waals surface area contributed by atoms with Gasteiger partial charge in [-0.2, -0.15) is 0 Å². The van der Waals surface area contributed by atoms with Crippen LogP contribution in [0.4, 0.5) is 8.78 Å². The molecule has 12 heavy (non-hydrogen) atoms. The second-order valence-corrected chi connectivity index (χ2v) is 2.14. The molecule has 1 aromatic heterocycles. The van der Waals surface area contributed by atoms with Crippen LogP contribution in [-0.2, 0) is 0 Å². The predicted octanol–water partition coefficient (Wildman–Crippen LogP) is 1.80. The highest BCUT2D eigenvalue weighted by Gasteiger charge is 1.98. The lowest BCUT2D eigenvalue weighted by Gasteiger charge is -1.92. The van der Waals surface area contributed by atoms with Crippen molar-refractivity contribution < 1.29 is 8.78 Å². The largest absolute Gasteiger partial charge is 0.248 e. The summed E-state index contributed by atoms with van der Waals surface area (Å²) in [5.74, 6) is 0.383. The summed E-state index contributed by atoms with van der Waals surface area (Å²) >= 11 is 0. The summed E-state index contributed by atoms with van der Waals surface area (Å²) in [6.07, 6.45) is 3.96. The van der Waals surface area contributed by atoms with Crippen molar-refractivity contribution in [2.45, 2.75) is 6.17 Å². The Bertz CT molecular complexity index is 248. The van der Waals surface area contributed by atoms with Gasteiger partial charge >= 0.3 is 0 Å². The van der Waals surface area contributed by atoms with Gasteiger partial charge in [0.05, 0.1) is 0 Å². The zero-order valence-corrected chi connectivity index (χ0v) is 6.32. The molecule has 0 fully saturated rings. The van der Waals surface area contributed by atoms with Crippen LogP contribution >= 0.6 is 0 Å². The van der Waals surface area contributed by atoms with Crippen molar-refractivity contribution in [3.8, 4) is 0 Å². The molecule has 0 bridgehead atoms. The van der Waals surface area contributed by atoms with Crippen LogP contribution in [0, 0.1) is 0 Å². The first kappa shape index (κ1) is 8.77. The van der Waals surface area contributed by atoms with Gasteiger partial charge < -0.3 is 0 Å². The Kier molecular flexibility index (Phi) is 3.32. The molecule has 0 radical (unpaired) electrons. The third-order valence-corrected chi connectivity index (χ3v) is 1.19. The van der Waals surface area contributed by atoms with E-state index in [0.717, 1.165) is 6.08 Å². The number of aromatic nitrogens is 2. The van der Waals surface area contributed by atoms with Crippen molar-refractivity contribution in [2.75, 3.05) is 6.67 Å². The third kappa shape index (κ3) is 2.74. The first-order chi connectivity index (χ1) is 5.83. The molecule has 0 aliphatic carbocycles. The molecule has 1 atom stereocenters. The van der Waals surface area contributed by atoms with Crippen LogP contribution in [0.5, 0.6) is 0 Å². The lowest BCUT2D eigenvalue weighted by Crippen LogP contribution is -1.96. The molecule has 4 heteroatoms. The van der Waals surface area contributed by atoms with Crippen LogP contribution in [0.15, 0.2) is 24.5 Å². The first-order valence-corrected chi connectivity index (χ1v) is 3.48. The molecule has 64 valence electrons. The zero-order chi connectivity index (χ0) is 8.81. The van der Waals surface area contributed by atoms with Gasteiger partial charge in [-0.1, -0.05) is 0 Å². The summed E-state index contributed by atoms with van der Waals surface area (Å²) in [5, 5.41) is 0. The molecule has 0 aliphatic heterocycles. The van der Waals surface area contributed by atoms with Gasteiger partial charge in [-0.25, -0.2) is 18.7 Å². The van der Waals surface area contributed by atoms with E-state index in [1.807, 2.05) is 0 Å². The predicted molar refractivity (Wildman–Crippen MR) is 41.9 cm³/mol. The number of hydrogen-bond acceptors (Lipinski definition) is 2. The molecule has 0 spiro atoms. The molecule has 0 aliphatic rings. The number of halogens is 2. The maximum Gasteiger partial charge on any atom is 0.151 e. The van der Waals surface area contributed by atoms with Crippen LogP contribution in [0.1, 0.15) is 5.82 Å². The number of allylic oxidation sites excluding steroid dienone is 1. The van der Waals surface area contributed by atoms with E-state index in [9.17, 15) is 8.78 Å². The minimum atomic E-state index is -1.56. The van der Waals surface area contributed by atoms with E-state index in [2.05, 4.69) is 9.97 Å². The Morgan fingerprint density at radius 1 is 1.42 bits per heavy atom. The van der Waals surface area contributed by atoms with Gasteiger partial charge in [-0.15, -0.1) is 0 Å². The fourth-order valence-electron chi connectivity index (χ4n) is 0.639. The molecular weight excluding hydrogens is 162 g/mol. The topological polar surface area (TPSA) is 25.8 Å².